The number of carbonyl (C=O) groups excluding carboxylic acids is 1. The van der Waals surface area contributed by atoms with Crippen molar-refractivity contribution in [3.63, 3.8) is 0 Å². The number of thioether (sulfide) groups is 1. The highest BCUT2D eigenvalue weighted by molar-refractivity contribution is 8.26. The van der Waals surface area contributed by atoms with E-state index in [4.69, 9.17) is 21.7 Å². The average Bonchev–Trinajstić information content (AvgIpc) is 3.59. The van der Waals surface area contributed by atoms with Gasteiger partial charge >= 0.3 is 0 Å². The molecule has 0 atom stereocenters. The van der Waals surface area contributed by atoms with Crippen LogP contribution in [0.4, 0.5) is 5.82 Å². The molecule has 3 aliphatic rings. The Morgan fingerprint density at radius 1 is 1.07 bits per heavy atom. The molecule has 43 heavy (non-hydrogen) atoms. The molecule has 10 heteroatoms. The fourth-order valence-electron chi connectivity index (χ4n) is 6.06. The maximum Gasteiger partial charge on any atom is 0.270 e. The van der Waals surface area contributed by atoms with Gasteiger partial charge in [0.2, 0.25) is 6.79 Å². The number of fused-ring (bicyclic) bond motifs is 1. The molecule has 2 aromatic carbocycles. The summed E-state index contributed by atoms with van der Waals surface area (Å²) in [6.07, 6.45) is 4.83. The Morgan fingerprint density at radius 2 is 1.81 bits per heavy atom. The molecule has 0 N–H and O–H groups in total. The lowest BCUT2D eigenvalue weighted by molar-refractivity contribution is -0.122. The molecule has 4 heterocycles. The molecule has 0 aliphatic carbocycles. The van der Waals surface area contributed by atoms with Crippen molar-refractivity contribution in [3.8, 4) is 17.6 Å². The number of pyridine rings is 1. The van der Waals surface area contributed by atoms with Crippen molar-refractivity contribution < 1.29 is 14.3 Å². The molecule has 8 nitrogen and oxygen atoms in total. The number of aromatic nitrogens is 1. The fraction of sp³-hybridized carbons (Fsp3) is 0.333. The van der Waals surface area contributed by atoms with E-state index in [-0.39, 0.29) is 23.8 Å². The van der Waals surface area contributed by atoms with Crippen LogP contribution in [0.5, 0.6) is 11.5 Å². The molecule has 0 bridgehead atoms. The van der Waals surface area contributed by atoms with Crippen molar-refractivity contribution >= 4 is 46.1 Å². The molecule has 220 valence electrons. The fourth-order valence-corrected chi connectivity index (χ4v) is 7.30. The second-order valence-electron chi connectivity index (χ2n) is 11.0. The maximum atomic E-state index is 13.7. The number of benzene rings is 2. The van der Waals surface area contributed by atoms with Gasteiger partial charge in [-0.15, -0.1) is 0 Å². The molecule has 1 amide bonds. The van der Waals surface area contributed by atoms with Crippen LogP contribution in [0.2, 0.25) is 0 Å². The van der Waals surface area contributed by atoms with Crippen LogP contribution in [0.1, 0.15) is 47.6 Å². The summed E-state index contributed by atoms with van der Waals surface area (Å²) in [6.45, 7) is 6.18. The predicted molar refractivity (Wildman–Crippen MR) is 172 cm³/mol. The molecular weight excluding hydrogens is 581 g/mol. The van der Waals surface area contributed by atoms with Gasteiger partial charge < -0.3 is 14.4 Å². The van der Waals surface area contributed by atoms with Crippen LogP contribution < -0.4 is 19.9 Å². The van der Waals surface area contributed by atoms with Gasteiger partial charge in [-0.3, -0.25) is 19.1 Å². The zero-order valence-electron chi connectivity index (χ0n) is 24.2. The minimum Gasteiger partial charge on any atom is -0.454 e. The third-order valence-electron chi connectivity index (χ3n) is 8.37. The number of piperidine rings is 1. The smallest absolute Gasteiger partial charge is 0.270 e. The van der Waals surface area contributed by atoms with E-state index >= 15 is 0 Å². The van der Waals surface area contributed by atoms with Crippen molar-refractivity contribution in [1.82, 2.24) is 9.47 Å². The summed E-state index contributed by atoms with van der Waals surface area (Å²) in [5, 5.41) is 9.93. The predicted octanol–water partition coefficient (Wildman–Crippen LogP) is 5.64. The molecule has 6 rings (SSSR count). The highest BCUT2D eigenvalue weighted by Gasteiger charge is 2.34. The normalized spacial score (nSPS) is 17.7. The zero-order valence-corrected chi connectivity index (χ0v) is 25.8. The molecule has 1 aromatic heterocycles. The Labute approximate surface area is 260 Å². The van der Waals surface area contributed by atoms with Crippen LogP contribution in [0.25, 0.3) is 6.08 Å². The summed E-state index contributed by atoms with van der Waals surface area (Å²) >= 11 is 6.88. The first-order valence-electron chi connectivity index (χ1n) is 14.5. The van der Waals surface area contributed by atoms with Gasteiger partial charge in [0.15, 0.2) is 11.5 Å². The van der Waals surface area contributed by atoms with Crippen molar-refractivity contribution in [3.05, 3.63) is 91.6 Å². The van der Waals surface area contributed by atoms with Crippen LogP contribution in [0.3, 0.4) is 0 Å². The Bertz CT molecular complexity index is 1720. The zero-order chi connectivity index (χ0) is 30.1. The lowest BCUT2D eigenvalue weighted by atomic mass is 9.90. The molecule has 2 fully saturated rings. The highest BCUT2D eigenvalue weighted by Crippen LogP contribution is 2.39. The van der Waals surface area contributed by atoms with Crippen LogP contribution >= 0.6 is 24.0 Å². The van der Waals surface area contributed by atoms with E-state index in [0.29, 0.717) is 45.3 Å². The van der Waals surface area contributed by atoms with Crippen LogP contribution in [-0.2, 0) is 24.3 Å². The standard InChI is InChI=1S/C33H32N4O4S2/c1-3-36-30(35-13-11-23(12-14-35)15-22-7-5-4-6-8-22)25(21(2)26(18-34)31(36)38)17-29-32(39)37(33(42)43-29)19-24-9-10-27-28(16-24)41-20-40-27/h4-10,16-17,23H,3,11-15,19-20H2,1-2H3/b29-17-. The molecule has 0 spiro atoms. The first-order chi connectivity index (χ1) is 20.9. The number of anilines is 1. The SMILES string of the molecule is CCn1c(N2CCC(Cc3ccccc3)CC2)c(/C=C2\SC(=S)N(Cc3ccc4c(c3)OCO4)C2=O)c(C)c(C#N)c1=O. The third-order valence-corrected chi connectivity index (χ3v) is 9.75. The molecule has 3 aromatic rings. The summed E-state index contributed by atoms with van der Waals surface area (Å²) in [5.41, 5.74) is 3.33. The number of ether oxygens (including phenoxy) is 2. The summed E-state index contributed by atoms with van der Waals surface area (Å²) < 4.78 is 13.0. The Morgan fingerprint density at radius 3 is 2.53 bits per heavy atom. The van der Waals surface area contributed by atoms with Gasteiger partial charge in [0.05, 0.1) is 11.4 Å². The largest absolute Gasteiger partial charge is 0.454 e. The molecule has 0 radical (unpaired) electrons. The summed E-state index contributed by atoms with van der Waals surface area (Å²) in [6, 6.07) is 18.3. The van der Waals surface area contributed by atoms with Crippen molar-refractivity contribution in [1.29, 1.82) is 5.26 Å². The first kappa shape index (κ1) is 29.0. The van der Waals surface area contributed by atoms with Gasteiger partial charge in [-0.05, 0) is 73.9 Å². The van der Waals surface area contributed by atoms with E-state index in [1.54, 1.807) is 16.4 Å². The van der Waals surface area contributed by atoms with Crippen LogP contribution in [0, 0.1) is 24.2 Å². The van der Waals surface area contributed by atoms with E-state index in [1.807, 2.05) is 37.3 Å². The average molecular weight is 613 g/mol. The van der Waals surface area contributed by atoms with Crippen LogP contribution in [0.15, 0.2) is 58.2 Å². The molecular formula is C33H32N4O4S2. The van der Waals surface area contributed by atoms with Gasteiger partial charge in [0.1, 0.15) is 21.8 Å². The summed E-state index contributed by atoms with van der Waals surface area (Å²) in [7, 11) is 0. The number of hydrogen-bond donors (Lipinski definition) is 0. The molecule has 0 saturated carbocycles. The maximum absolute atomic E-state index is 13.7. The molecule has 0 unspecified atom stereocenters. The number of nitrogens with zero attached hydrogens (tertiary/aromatic N) is 4. The second kappa shape index (κ2) is 12.3. The Balaban J connectivity index is 1.31. The van der Waals surface area contributed by atoms with Gasteiger partial charge in [-0.25, -0.2) is 0 Å². The minimum atomic E-state index is -0.295. The number of thiocarbonyl (C=S) groups is 1. The number of nitriles is 1. The monoisotopic (exact) mass is 612 g/mol. The van der Waals surface area contributed by atoms with E-state index < -0.39 is 0 Å². The Hall–Kier alpha value is -4.07. The number of hydrogen-bond acceptors (Lipinski definition) is 8. The molecule has 2 saturated heterocycles. The Kier molecular flexibility index (Phi) is 8.28. The topological polar surface area (TPSA) is 87.8 Å². The number of amides is 1. The van der Waals surface area contributed by atoms with Gasteiger partial charge in [0.25, 0.3) is 11.5 Å². The van der Waals surface area contributed by atoms with E-state index in [1.165, 1.54) is 17.3 Å². The van der Waals surface area contributed by atoms with Gasteiger partial charge in [-0.1, -0.05) is 60.4 Å². The number of carbonyl (C=O) groups is 1. The van der Waals surface area contributed by atoms with Crippen molar-refractivity contribution in [2.24, 2.45) is 5.92 Å². The summed E-state index contributed by atoms with van der Waals surface area (Å²) in [5.74, 6) is 2.45. The van der Waals surface area contributed by atoms with E-state index in [0.717, 1.165) is 49.3 Å². The van der Waals surface area contributed by atoms with Crippen molar-refractivity contribution in [2.45, 2.75) is 46.2 Å². The number of rotatable bonds is 7. The first-order valence-corrected chi connectivity index (χ1v) is 15.7. The quantitative estimate of drug-likeness (QED) is 0.250. The summed E-state index contributed by atoms with van der Waals surface area (Å²) in [4.78, 5) is 31.4. The van der Waals surface area contributed by atoms with Crippen molar-refractivity contribution in [2.75, 3.05) is 24.8 Å². The van der Waals surface area contributed by atoms with E-state index in [2.05, 4.69) is 35.2 Å². The van der Waals surface area contributed by atoms with E-state index in [9.17, 15) is 14.9 Å². The highest BCUT2D eigenvalue weighted by atomic mass is 32.2. The lowest BCUT2D eigenvalue weighted by Crippen LogP contribution is -2.39. The van der Waals surface area contributed by atoms with Crippen LogP contribution in [-0.4, -0.2) is 39.6 Å². The lowest BCUT2D eigenvalue weighted by Gasteiger charge is -2.36. The third kappa shape index (κ3) is 5.67. The van der Waals surface area contributed by atoms with Gasteiger partial charge in [-0.2, -0.15) is 5.26 Å². The minimum absolute atomic E-state index is 0.103. The molecule has 3 aliphatic heterocycles. The van der Waals surface area contributed by atoms with Gasteiger partial charge in [0, 0.05) is 25.2 Å². The second-order valence-corrected chi connectivity index (χ2v) is 12.6.